The molecule has 0 amide bonds. The molecule has 0 bridgehead atoms. The molecule has 1 aliphatic rings. The van der Waals surface area contributed by atoms with E-state index in [-0.39, 0.29) is 39.6 Å². The van der Waals surface area contributed by atoms with Gasteiger partial charge in [0.05, 0.1) is 6.04 Å². The summed E-state index contributed by atoms with van der Waals surface area (Å²) in [5.74, 6) is 0.426. The monoisotopic (exact) mass is 522 g/mol. The molecular formula is C27H39ClN2O2S2. The average molecular weight is 523 g/mol. The third-order valence-corrected chi connectivity index (χ3v) is 6.57. The molecule has 4 nitrogen and oxygen atoms in total. The van der Waals surface area contributed by atoms with Crippen LogP contribution < -0.4 is 0 Å². The quantitative estimate of drug-likeness (QED) is 0.364. The number of benzene rings is 2. The van der Waals surface area contributed by atoms with Crippen LogP contribution in [-0.2, 0) is 15.7 Å². The maximum atomic E-state index is 11.3. The Morgan fingerprint density at radius 3 is 2.00 bits per heavy atom. The minimum absolute atomic E-state index is 0. The Kier molecular flexibility index (Phi) is 9.50. The van der Waals surface area contributed by atoms with E-state index >= 15 is 0 Å². The molecule has 1 saturated heterocycles. The van der Waals surface area contributed by atoms with Crippen molar-refractivity contribution in [1.82, 2.24) is 9.96 Å². The summed E-state index contributed by atoms with van der Waals surface area (Å²) < 4.78 is 0.229. The highest BCUT2D eigenvalue weighted by atomic mass is 35.5. The second kappa shape index (κ2) is 11.2. The Hall–Kier alpha value is -1.31. The van der Waals surface area contributed by atoms with Gasteiger partial charge in [-0.05, 0) is 52.3 Å². The van der Waals surface area contributed by atoms with Crippen molar-refractivity contribution in [2.45, 2.75) is 64.3 Å². The fourth-order valence-corrected chi connectivity index (χ4v) is 4.90. The second-order valence-electron chi connectivity index (χ2n) is 11.2. The van der Waals surface area contributed by atoms with E-state index in [1.54, 1.807) is 0 Å². The molecule has 0 spiro atoms. The number of phenols is 1. The lowest BCUT2D eigenvalue weighted by molar-refractivity contribution is -0.135. The Bertz CT molecular complexity index is 951. The maximum Gasteiger partial charge on any atom is 0.241 e. The van der Waals surface area contributed by atoms with Crippen LogP contribution >= 0.6 is 37.3 Å². The molecule has 2 atom stereocenters. The Labute approximate surface area is 222 Å². The lowest BCUT2D eigenvalue weighted by Gasteiger charge is -2.43. The highest BCUT2D eigenvalue weighted by Crippen LogP contribution is 2.43. The third kappa shape index (κ3) is 6.67. The summed E-state index contributed by atoms with van der Waals surface area (Å²) in [4.78, 5) is 8.28. The van der Waals surface area contributed by atoms with Gasteiger partial charge in [-0.3, -0.25) is 0 Å². The molecule has 0 aromatic heterocycles. The molecule has 7 heteroatoms. The van der Waals surface area contributed by atoms with Crippen molar-refractivity contribution in [2.24, 2.45) is 0 Å². The summed E-state index contributed by atoms with van der Waals surface area (Å²) in [6.45, 7) is 15.4. The van der Waals surface area contributed by atoms with Crippen LogP contribution in [-0.4, -0.2) is 52.2 Å². The zero-order chi connectivity index (χ0) is 24.6. The van der Waals surface area contributed by atoms with Crippen LogP contribution in [0.2, 0.25) is 0 Å². The molecule has 1 aliphatic heterocycles. The summed E-state index contributed by atoms with van der Waals surface area (Å²) in [5.41, 5.74) is 3.91. The van der Waals surface area contributed by atoms with Crippen LogP contribution in [0.4, 0.5) is 0 Å². The van der Waals surface area contributed by atoms with Crippen molar-refractivity contribution >= 4 is 41.6 Å². The lowest BCUT2D eigenvalue weighted by atomic mass is 9.74. The molecule has 2 aromatic carbocycles. The molecular weight excluding hydrogens is 484 g/mol. The first-order valence-corrected chi connectivity index (χ1v) is 12.4. The van der Waals surface area contributed by atoms with Gasteiger partial charge in [-0.15, -0.1) is 17.5 Å². The number of thiocarbonyl (C=S) groups is 1. The minimum Gasteiger partial charge on any atom is -0.507 e. The van der Waals surface area contributed by atoms with Crippen molar-refractivity contribution < 1.29 is 9.94 Å². The number of hydrogen-bond acceptors (Lipinski definition) is 5. The van der Waals surface area contributed by atoms with Crippen molar-refractivity contribution in [1.29, 1.82) is 0 Å². The molecule has 0 radical (unpaired) electrons. The molecule has 2 aromatic rings. The van der Waals surface area contributed by atoms with Gasteiger partial charge in [-0.25, -0.2) is 0 Å². The van der Waals surface area contributed by atoms with Gasteiger partial charge >= 0.3 is 0 Å². The van der Waals surface area contributed by atoms with Crippen LogP contribution in [0, 0.1) is 0 Å². The number of aromatic hydroxyl groups is 1. The summed E-state index contributed by atoms with van der Waals surface area (Å²) in [7, 11) is 2.14. The summed E-state index contributed by atoms with van der Waals surface area (Å²) >= 11 is 9.45. The molecule has 1 heterocycles. The first-order valence-electron chi connectivity index (χ1n) is 11.6. The number of piperazine rings is 1. The van der Waals surface area contributed by atoms with E-state index in [0.29, 0.717) is 5.75 Å². The number of halogens is 1. The highest BCUT2D eigenvalue weighted by molar-refractivity contribution is 8.10. The van der Waals surface area contributed by atoms with Gasteiger partial charge in [0.15, 0.2) is 0 Å². The molecule has 1 fully saturated rings. The van der Waals surface area contributed by atoms with Crippen LogP contribution in [0.5, 0.6) is 5.75 Å². The van der Waals surface area contributed by atoms with Crippen LogP contribution in [0.25, 0.3) is 0 Å². The predicted molar refractivity (Wildman–Crippen MR) is 152 cm³/mol. The van der Waals surface area contributed by atoms with E-state index in [0.717, 1.165) is 30.8 Å². The maximum absolute atomic E-state index is 11.3. The van der Waals surface area contributed by atoms with Gasteiger partial charge < -0.3 is 14.8 Å². The molecule has 2 unspecified atom stereocenters. The van der Waals surface area contributed by atoms with E-state index in [1.165, 1.54) is 11.1 Å². The van der Waals surface area contributed by atoms with Gasteiger partial charge in [0, 0.05) is 25.6 Å². The normalized spacial score (nSPS) is 18.8. The number of phenolic OH excluding ortho intramolecular Hbond substituents is 1. The first-order chi connectivity index (χ1) is 15.3. The van der Waals surface area contributed by atoms with Crippen molar-refractivity contribution in [3.05, 3.63) is 64.7 Å². The molecule has 1 N–H and O–H groups in total. The molecule has 0 saturated carbocycles. The Morgan fingerprint density at radius 2 is 1.53 bits per heavy atom. The molecule has 0 aliphatic carbocycles. The van der Waals surface area contributed by atoms with E-state index in [9.17, 15) is 5.11 Å². The fraction of sp³-hybridized carbons (Fsp3) is 0.519. The van der Waals surface area contributed by atoms with E-state index in [2.05, 4.69) is 103 Å². The second-order valence-corrected chi connectivity index (χ2v) is 12.3. The van der Waals surface area contributed by atoms with Crippen molar-refractivity contribution in [2.75, 3.05) is 26.7 Å². The van der Waals surface area contributed by atoms with Crippen molar-refractivity contribution in [3.8, 4) is 5.75 Å². The molecule has 3 rings (SSSR count). The SMILES string of the molecule is CN1CCN(OC(=S)S)C(C(c2ccccc2)c2cc(C(C)(C)C)c(O)c(C(C)(C)C)c2)C1.Cl. The third-order valence-electron chi connectivity index (χ3n) is 6.42. The van der Waals surface area contributed by atoms with Crippen LogP contribution in [0.3, 0.4) is 0 Å². The van der Waals surface area contributed by atoms with E-state index in [1.807, 2.05) is 11.1 Å². The standard InChI is InChI=1S/C27H38N2O2S2.ClH/c1-26(2,3)20-15-19(16-21(24(20)30)27(4,5)6)23(18-11-9-8-10-12-18)22-17-28(7)13-14-29(22)31-25(32)33;/h8-12,15-16,22-23,30H,13-14,17H2,1-7H3,(H,32,33);1H. The van der Waals surface area contributed by atoms with Gasteiger partial charge in [0.2, 0.25) is 4.38 Å². The summed E-state index contributed by atoms with van der Waals surface area (Å²) in [6.07, 6.45) is 0. The number of hydroxylamine groups is 2. The smallest absolute Gasteiger partial charge is 0.241 e. The average Bonchev–Trinajstić information content (AvgIpc) is 2.70. The summed E-state index contributed by atoms with van der Waals surface area (Å²) in [6, 6.07) is 15.0. The van der Waals surface area contributed by atoms with Gasteiger partial charge in [-0.1, -0.05) is 96.6 Å². The van der Waals surface area contributed by atoms with E-state index in [4.69, 9.17) is 17.1 Å². The largest absolute Gasteiger partial charge is 0.507 e. The molecule has 188 valence electrons. The Morgan fingerprint density at radius 1 is 1.00 bits per heavy atom. The van der Waals surface area contributed by atoms with Crippen LogP contribution in [0.1, 0.15) is 69.7 Å². The van der Waals surface area contributed by atoms with E-state index < -0.39 is 0 Å². The topological polar surface area (TPSA) is 35.9 Å². The lowest BCUT2D eigenvalue weighted by Crippen LogP contribution is -2.54. The zero-order valence-electron chi connectivity index (χ0n) is 21.3. The minimum atomic E-state index is -0.201. The number of thiol groups is 1. The van der Waals surface area contributed by atoms with Gasteiger partial charge in [0.25, 0.3) is 0 Å². The number of rotatable bonds is 4. The van der Waals surface area contributed by atoms with Crippen LogP contribution in [0.15, 0.2) is 42.5 Å². The summed E-state index contributed by atoms with van der Waals surface area (Å²) in [5, 5.41) is 13.3. The van der Waals surface area contributed by atoms with Crippen molar-refractivity contribution in [3.63, 3.8) is 0 Å². The van der Waals surface area contributed by atoms with Gasteiger partial charge in [-0.2, -0.15) is 0 Å². The first kappa shape index (κ1) is 28.9. The highest BCUT2D eigenvalue weighted by Gasteiger charge is 2.37. The zero-order valence-corrected chi connectivity index (χ0v) is 23.9. The predicted octanol–water partition coefficient (Wildman–Crippen LogP) is 6.30. The van der Waals surface area contributed by atoms with Gasteiger partial charge in [0.1, 0.15) is 5.75 Å². The Balaban J connectivity index is 0.00000408. The number of likely N-dealkylation sites (N-methyl/N-ethyl adjacent to an activating group) is 1. The number of nitrogens with zero attached hydrogens (tertiary/aromatic N) is 2. The number of hydrogen-bond donors (Lipinski definition) is 2. The fourth-order valence-electron chi connectivity index (χ4n) is 4.70. The molecule has 34 heavy (non-hydrogen) atoms.